The number of hydrogen-bond donors (Lipinski definition) is 0. The lowest BCUT2D eigenvalue weighted by Gasteiger charge is -2.06. The molecule has 2 aromatic carbocycles. The van der Waals surface area contributed by atoms with Gasteiger partial charge in [0.2, 0.25) is 0 Å². The van der Waals surface area contributed by atoms with Gasteiger partial charge >= 0.3 is 0 Å². The van der Waals surface area contributed by atoms with Crippen molar-refractivity contribution in [3.05, 3.63) is 66.2 Å². The molecule has 0 radical (unpaired) electrons. The maximum Gasteiger partial charge on any atom is 0.118 e. The third kappa shape index (κ3) is 3.99. The average molecular weight is 266 g/mol. The Kier molecular flexibility index (Phi) is 5.00. The summed E-state index contributed by atoms with van der Waals surface area (Å²) >= 11 is 0. The molecule has 0 saturated carbocycles. The second-order valence-corrected chi connectivity index (χ2v) is 5.24. The monoisotopic (exact) mass is 266 g/mol. The van der Waals surface area contributed by atoms with Crippen LogP contribution in [0.5, 0.6) is 5.75 Å². The number of hydrogen-bond acceptors (Lipinski definition) is 1. The van der Waals surface area contributed by atoms with E-state index in [1.807, 2.05) is 12.1 Å². The van der Waals surface area contributed by atoms with Crippen LogP contribution in [-0.2, 0) is 6.42 Å². The quantitative estimate of drug-likeness (QED) is 0.648. The van der Waals surface area contributed by atoms with E-state index in [9.17, 15) is 0 Å². The van der Waals surface area contributed by atoms with Gasteiger partial charge in [-0.1, -0.05) is 42.0 Å². The van der Waals surface area contributed by atoms with Crippen LogP contribution in [-0.4, -0.2) is 7.11 Å². The third-order valence-electron chi connectivity index (χ3n) is 3.45. The van der Waals surface area contributed by atoms with E-state index >= 15 is 0 Å². The van der Waals surface area contributed by atoms with E-state index < -0.39 is 0 Å². The molecule has 0 aliphatic rings. The van der Waals surface area contributed by atoms with Gasteiger partial charge in [0.05, 0.1) is 7.11 Å². The summed E-state index contributed by atoms with van der Waals surface area (Å²) in [6.07, 6.45) is 3.41. The van der Waals surface area contributed by atoms with E-state index in [-0.39, 0.29) is 0 Å². The summed E-state index contributed by atoms with van der Waals surface area (Å²) in [5.74, 6) is 0.894. The highest BCUT2D eigenvalue weighted by Gasteiger charge is 1.99. The van der Waals surface area contributed by atoms with Gasteiger partial charge in [0.25, 0.3) is 0 Å². The molecular weight excluding hydrogens is 244 g/mol. The van der Waals surface area contributed by atoms with E-state index in [2.05, 4.69) is 49.9 Å². The SMILES string of the molecule is C=C(C)CCCc1ccc(-c2ccc(OC)cc2)cc1. The highest BCUT2D eigenvalue weighted by Crippen LogP contribution is 2.23. The third-order valence-corrected chi connectivity index (χ3v) is 3.45. The molecule has 1 heteroatoms. The van der Waals surface area contributed by atoms with Gasteiger partial charge in [0.15, 0.2) is 0 Å². The summed E-state index contributed by atoms with van der Waals surface area (Å²) in [5, 5.41) is 0. The number of benzene rings is 2. The van der Waals surface area contributed by atoms with E-state index in [1.165, 1.54) is 28.7 Å². The molecule has 0 fully saturated rings. The molecule has 0 spiro atoms. The van der Waals surface area contributed by atoms with Crippen LogP contribution in [0, 0.1) is 0 Å². The minimum atomic E-state index is 0.894. The number of ether oxygens (including phenoxy) is 1. The smallest absolute Gasteiger partial charge is 0.118 e. The molecule has 0 aliphatic heterocycles. The van der Waals surface area contributed by atoms with Gasteiger partial charge in [0, 0.05) is 0 Å². The molecule has 0 aromatic heterocycles. The molecule has 0 atom stereocenters. The Bertz CT molecular complexity index is 549. The number of rotatable bonds is 6. The van der Waals surface area contributed by atoms with Crippen molar-refractivity contribution in [2.75, 3.05) is 7.11 Å². The minimum Gasteiger partial charge on any atom is -0.497 e. The van der Waals surface area contributed by atoms with Crippen molar-refractivity contribution < 1.29 is 4.74 Å². The second-order valence-electron chi connectivity index (χ2n) is 5.24. The predicted octanol–water partition coefficient (Wildman–Crippen LogP) is 5.26. The molecule has 104 valence electrons. The normalized spacial score (nSPS) is 10.3. The van der Waals surface area contributed by atoms with Crippen LogP contribution < -0.4 is 4.74 Å². The van der Waals surface area contributed by atoms with Crippen LogP contribution in [0.15, 0.2) is 60.7 Å². The van der Waals surface area contributed by atoms with E-state index in [0.717, 1.165) is 18.6 Å². The van der Waals surface area contributed by atoms with Crippen LogP contribution in [0.25, 0.3) is 11.1 Å². The van der Waals surface area contributed by atoms with E-state index in [1.54, 1.807) is 7.11 Å². The lowest BCUT2D eigenvalue weighted by Crippen LogP contribution is -1.87. The van der Waals surface area contributed by atoms with Crippen molar-refractivity contribution >= 4 is 0 Å². The summed E-state index contributed by atoms with van der Waals surface area (Å²) in [6.45, 7) is 6.03. The van der Waals surface area contributed by atoms with Crippen LogP contribution in [0.1, 0.15) is 25.3 Å². The lowest BCUT2D eigenvalue weighted by atomic mass is 10.0. The average Bonchev–Trinajstić information content (AvgIpc) is 2.48. The first-order valence-corrected chi connectivity index (χ1v) is 7.07. The number of methoxy groups -OCH3 is 1. The highest BCUT2D eigenvalue weighted by molar-refractivity contribution is 5.64. The molecule has 1 nitrogen and oxygen atoms in total. The summed E-state index contributed by atoms with van der Waals surface area (Å²) in [7, 11) is 1.69. The Hall–Kier alpha value is -2.02. The molecule has 0 unspecified atom stereocenters. The van der Waals surface area contributed by atoms with Crippen molar-refractivity contribution in [2.24, 2.45) is 0 Å². The van der Waals surface area contributed by atoms with Crippen molar-refractivity contribution in [3.63, 3.8) is 0 Å². The molecule has 0 aliphatic carbocycles. The maximum absolute atomic E-state index is 5.18. The first-order chi connectivity index (χ1) is 9.69. The van der Waals surface area contributed by atoms with Crippen LogP contribution >= 0.6 is 0 Å². The van der Waals surface area contributed by atoms with Crippen LogP contribution in [0.2, 0.25) is 0 Å². The molecule has 20 heavy (non-hydrogen) atoms. The topological polar surface area (TPSA) is 9.23 Å². The van der Waals surface area contributed by atoms with Gasteiger partial charge in [-0.05, 0) is 55.0 Å². The Balaban J connectivity index is 2.01. The molecule has 2 aromatic rings. The summed E-state index contributed by atoms with van der Waals surface area (Å²) in [6, 6.07) is 17.0. The van der Waals surface area contributed by atoms with Crippen molar-refractivity contribution in [3.8, 4) is 16.9 Å². The second kappa shape index (κ2) is 6.95. The Morgan fingerprint density at radius 1 is 0.950 bits per heavy atom. The Morgan fingerprint density at radius 3 is 2.00 bits per heavy atom. The Morgan fingerprint density at radius 2 is 1.50 bits per heavy atom. The molecule has 0 N–H and O–H groups in total. The van der Waals surface area contributed by atoms with E-state index in [0.29, 0.717) is 0 Å². The summed E-state index contributed by atoms with van der Waals surface area (Å²) in [4.78, 5) is 0. The molecule has 0 heterocycles. The molecule has 0 bridgehead atoms. The minimum absolute atomic E-state index is 0.894. The molecule has 2 rings (SSSR count). The van der Waals surface area contributed by atoms with E-state index in [4.69, 9.17) is 4.74 Å². The summed E-state index contributed by atoms with van der Waals surface area (Å²) in [5.41, 5.74) is 5.12. The molecule has 0 saturated heterocycles. The fourth-order valence-electron chi connectivity index (χ4n) is 2.24. The van der Waals surface area contributed by atoms with Crippen molar-refractivity contribution in [2.45, 2.75) is 26.2 Å². The number of allylic oxidation sites excluding steroid dienone is 1. The van der Waals surface area contributed by atoms with Gasteiger partial charge in [-0.15, -0.1) is 6.58 Å². The van der Waals surface area contributed by atoms with Gasteiger partial charge in [-0.2, -0.15) is 0 Å². The largest absolute Gasteiger partial charge is 0.497 e. The lowest BCUT2D eigenvalue weighted by molar-refractivity contribution is 0.415. The zero-order valence-corrected chi connectivity index (χ0v) is 12.4. The van der Waals surface area contributed by atoms with Gasteiger partial charge < -0.3 is 4.74 Å². The zero-order chi connectivity index (χ0) is 14.4. The standard InChI is InChI=1S/C19H22O/c1-15(2)5-4-6-16-7-9-17(10-8-16)18-11-13-19(20-3)14-12-18/h7-14H,1,4-6H2,2-3H3. The fourth-order valence-corrected chi connectivity index (χ4v) is 2.24. The molecule has 0 amide bonds. The predicted molar refractivity (Wildman–Crippen MR) is 86.2 cm³/mol. The Labute approximate surface area is 121 Å². The maximum atomic E-state index is 5.18. The fraction of sp³-hybridized carbons (Fsp3) is 0.263. The first-order valence-electron chi connectivity index (χ1n) is 7.07. The first kappa shape index (κ1) is 14.4. The van der Waals surface area contributed by atoms with Crippen molar-refractivity contribution in [1.29, 1.82) is 0 Å². The van der Waals surface area contributed by atoms with Gasteiger partial charge in [-0.3, -0.25) is 0 Å². The number of aryl methyl sites for hydroxylation is 1. The molecular formula is C19H22O. The van der Waals surface area contributed by atoms with Gasteiger partial charge in [0.1, 0.15) is 5.75 Å². The summed E-state index contributed by atoms with van der Waals surface area (Å²) < 4.78 is 5.18. The zero-order valence-electron chi connectivity index (χ0n) is 12.4. The van der Waals surface area contributed by atoms with Crippen LogP contribution in [0.3, 0.4) is 0 Å². The van der Waals surface area contributed by atoms with Crippen molar-refractivity contribution in [1.82, 2.24) is 0 Å². The highest BCUT2D eigenvalue weighted by atomic mass is 16.5. The van der Waals surface area contributed by atoms with Gasteiger partial charge in [-0.25, -0.2) is 0 Å². The van der Waals surface area contributed by atoms with Crippen LogP contribution in [0.4, 0.5) is 0 Å².